The van der Waals surface area contributed by atoms with Gasteiger partial charge in [-0.15, -0.1) is 0 Å². The summed E-state index contributed by atoms with van der Waals surface area (Å²) in [5.74, 6) is 2.10. The molecule has 7 heteroatoms. The first-order chi connectivity index (χ1) is 13.3. The van der Waals surface area contributed by atoms with E-state index in [1.165, 1.54) is 0 Å². The molecule has 0 N–H and O–H groups in total. The molecule has 0 amide bonds. The van der Waals surface area contributed by atoms with Gasteiger partial charge in [0.2, 0.25) is 10.0 Å². The largest absolute Gasteiger partial charge is 0.355 e. The summed E-state index contributed by atoms with van der Waals surface area (Å²) < 4.78 is 26.2. The maximum absolute atomic E-state index is 12.3. The normalized spacial score (nSPS) is 16.4. The first-order valence-corrected chi connectivity index (χ1v) is 11.6. The summed E-state index contributed by atoms with van der Waals surface area (Å²) in [6, 6.07) is 10.0. The molecule has 0 radical (unpaired) electrons. The highest BCUT2D eigenvalue weighted by atomic mass is 32.2. The third-order valence-corrected chi connectivity index (χ3v) is 7.12. The van der Waals surface area contributed by atoms with Crippen molar-refractivity contribution < 1.29 is 8.42 Å². The summed E-state index contributed by atoms with van der Waals surface area (Å²) in [7, 11) is -3.16. The number of anilines is 1. The van der Waals surface area contributed by atoms with Crippen molar-refractivity contribution in [3.63, 3.8) is 0 Å². The molecule has 2 aromatic rings. The van der Waals surface area contributed by atoms with Gasteiger partial charge < -0.3 is 4.90 Å². The van der Waals surface area contributed by atoms with Crippen LogP contribution in [-0.2, 0) is 10.0 Å². The highest BCUT2D eigenvalue weighted by Gasteiger charge is 2.26. The van der Waals surface area contributed by atoms with Crippen LogP contribution in [0.4, 0.5) is 5.82 Å². The second-order valence-electron chi connectivity index (χ2n) is 7.53. The Kier molecular flexibility index (Phi) is 6.35. The predicted octanol–water partition coefficient (Wildman–Crippen LogP) is 3.44. The maximum Gasteiger partial charge on any atom is 0.213 e. The van der Waals surface area contributed by atoms with Crippen LogP contribution in [0.2, 0.25) is 0 Å². The maximum atomic E-state index is 12.3. The van der Waals surface area contributed by atoms with E-state index in [2.05, 4.69) is 18.7 Å². The minimum Gasteiger partial charge on any atom is -0.355 e. The number of rotatable bonds is 5. The lowest BCUT2D eigenvalue weighted by Crippen LogP contribution is -2.36. The fraction of sp³-hybridized carbons (Fsp3) is 0.524. The van der Waals surface area contributed by atoms with E-state index in [1.54, 1.807) is 11.2 Å². The zero-order valence-electron chi connectivity index (χ0n) is 17.2. The van der Waals surface area contributed by atoms with Gasteiger partial charge in [-0.3, -0.25) is 0 Å². The zero-order valence-corrected chi connectivity index (χ0v) is 18.0. The van der Waals surface area contributed by atoms with Gasteiger partial charge in [0.1, 0.15) is 5.82 Å². The Morgan fingerprint density at radius 1 is 1.04 bits per heavy atom. The molecule has 1 aliphatic rings. The van der Waals surface area contributed by atoms with Gasteiger partial charge >= 0.3 is 0 Å². The van der Waals surface area contributed by atoms with Crippen molar-refractivity contribution in [2.45, 2.75) is 40.0 Å². The van der Waals surface area contributed by atoms with Crippen LogP contribution in [-0.4, -0.2) is 54.6 Å². The van der Waals surface area contributed by atoms with Gasteiger partial charge in [0.25, 0.3) is 0 Å². The van der Waals surface area contributed by atoms with Crippen molar-refractivity contribution in [1.82, 2.24) is 14.3 Å². The van der Waals surface area contributed by atoms with Crippen molar-refractivity contribution in [2.75, 3.05) is 36.8 Å². The number of aromatic nitrogens is 2. The van der Waals surface area contributed by atoms with Crippen LogP contribution < -0.4 is 4.90 Å². The summed E-state index contributed by atoms with van der Waals surface area (Å²) in [6.07, 6.45) is 0.792. The minimum atomic E-state index is -3.16. The third-order valence-electron chi connectivity index (χ3n) is 5.24. The Morgan fingerprint density at radius 3 is 2.39 bits per heavy atom. The number of hydrogen-bond acceptors (Lipinski definition) is 5. The Hall–Kier alpha value is -1.99. The molecule has 0 bridgehead atoms. The minimum absolute atomic E-state index is 0.148. The van der Waals surface area contributed by atoms with Crippen molar-refractivity contribution in [2.24, 2.45) is 0 Å². The number of sulfonamides is 1. The van der Waals surface area contributed by atoms with Crippen LogP contribution >= 0.6 is 0 Å². The molecule has 0 unspecified atom stereocenters. The molecule has 0 atom stereocenters. The molecule has 0 spiro atoms. The monoisotopic (exact) mass is 402 g/mol. The van der Waals surface area contributed by atoms with Crippen molar-refractivity contribution in [3.05, 3.63) is 41.6 Å². The smallest absolute Gasteiger partial charge is 0.213 e. The van der Waals surface area contributed by atoms with E-state index >= 15 is 0 Å². The average Bonchev–Trinajstić information content (AvgIpc) is 2.94. The Balaban J connectivity index is 1.99. The van der Waals surface area contributed by atoms with Gasteiger partial charge in [0.05, 0.1) is 5.75 Å². The SMILES string of the molecule is CCS(=O)(=O)N1CCCN(c2nc(-c3ccccc3)nc(C)c2C(C)C)CC1. The Morgan fingerprint density at radius 2 is 1.75 bits per heavy atom. The van der Waals surface area contributed by atoms with E-state index in [9.17, 15) is 8.42 Å². The standard InChI is InChI=1S/C21H30N4O2S/c1-5-28(26,27)25-13-9-12-24(14-15-25)21-19(16(2)3)17(4)22-20(23-21)18-10-7-6-8-11-18/h6-8,10-11,16H,5,9,12-15H2,1-4H3. The number of nitrogens with zero attached hydrogens (tertiary/aromatic N) is 4. The molecule has 2 heterocycles. The van der Waals surface area contributed by atoms with Crippen LogP contribution in [0.15, 0.2) is 30.3 Å². The van der Waals surface area contributed by atoms with E-state index in [4.69, 9.17) is 9.97 Å². The molecule has 0 aliphatic carbocycles. The molecule has 3 rings (SSSR count). The highest BCUT2D eigenvalue weighted by Crippen LogP contribution is 2.31. The summed E-state index contributed by atoms with van der Waals surface area (Å²) in [5, 5.41) is 0. The van der Waals surface area contributed by atoms with Crippen LogP contribution in [0.1, 0.15) is 44.4 Å². The predicted molar refractivity (Wildman–Crippen MR) is 114 cm³/mol. The van der Waals surface area contributed by atoms with Crippen LogP contribution in [0.25, 0.3) is 11.4 Å². The molecule has 1 aromatic carbocycles. The van der Waals surface area contributed by atoms with Crippen molar-refractivity contribution in [3.8, 4) is 11.4 Å². The molecule has 1 fully saturated rings. The Labute approximate surface area is 168 Å². The van der Waals surface area contributed by atoms with Gasteiger partial charge in [-0.25, -0.2) is 22.7 Å². The molecular weight excluding hydrogens is 372 g/mol. The molecule has 0 saturated carbocycles. The second kappa shape index (κ2) is 8.57. The number of hydrogen-bond donors (Lipinski definition) is 0. The fourth-order valence-corrected chi connectivity index (χ4v) is 4.90. The lowest BCUT2D eigenvalue weighted by molar-refractivity contribution is 0.434. The lowest BCUT2D eigenvalue weighted by atomic mass is 10.0. The van der Waals surface area contributed by atoms with Crippen LogP contribution in [0.5, 0.6) is 0 Å². The molecule has 28 heavy (non-hydrogen) atoms. The molecular formula is C21H30N4O2S. The second-order valence-corrected chi connectivity index (χ2v) is 9.79. The van der Waals surface area contributed by atoms with Gasteiger partial charge in [0, 0.05) is 43.0 Å². The summed E-state index contributed by atoms with van der Waals surface area (Å²) in [5.41, 5.74) is 3.12. The zero-order chi connectivity index (χ0) is 20.3. The lowest BCUT2D eigenvalue weighted by Gasteiger charge is -2.27. The molecule has 152 valence electrons. The Bertz CT molecular complexity index is 914. The topological polar surface area (TPSA) is 66.4 Å². The van der Waals surface area contributed by atoms with Gasteiger partial charge in [-0.2, -0.15) is 0 Å². The molecule has 1 saturated heterocycles. The third kappa shape index (κ3) is 4.36. The van der Waals surface area contributed by atoms with Crippen LogP contribution in [0.3, 0.4) is 0 Å². The van der Waals surface area contributed by atoms with E-state index in [0.29, 0.717) is 25.6 Å². The summed E-state index contributed by atoms with van der Waals surface area (Å²) >= 11 is 0. The van der Waals surface area contributed by atoms with E-state index in [-0.39, 0.29) is 5.75 Å². The molecule has 1 aliphatic heterocycles. The highest BCUT2D eigenvalue weighted by molar-refractivity contribution is 7.89. The number of benzene rings is 1. The van der Waals surface area contributed by atoms with E-state index < -0.39 is 10.0 Å². The van der Waals surface area contributed by atoms with Gasteiger partial charge in [-0.1, -0.05) is 44.2 Å². The van der Waals surface area contributed by atoms with E-state index in [1.807, 2.05) is 37.3 Å². The fourth-order valence-electron chi connectivity index (χ4n) is 3.77. The summed E-state index contributed by atoms with van der Waals surface area (Å²) in [4.78, 5) is 11.9. The quantitative estimate of drug-likeness (QED) is 0.766. The number of aryl methyl sites for hydroxylation is 1. The first-order valence-electron chi connectivity index (χ1n) is 10.00. The molecule has 1 aromatic heterocycles. The first kappa shape index (κ1) is 20.7. The van der Waals surface area contributed by atoms with Crippen molar-refractivity contribution in [1.29, 1.82) is 0 Å². The van der Waals surface area contributed by atoms with E-state index in [0.717, 1.165) is 41.4 Å². The molecule has 6 nitrogen and oxygen atoms in total. The summed E-state index contributed by atoms with van der Waals surface area (Å²) in [6.45, 7) is 10.6. The van der Waals surface area contributed by atoms with Gasteiger partial charge in [0.15, 0.2) is 5.82 Å². The van der Waals surface area contributed by atoms with Crippen LogP contribution in [0, 0.1) is 6.92 Å². The van der Waals surface area contributed by atoms with Crippen molar-refractivity contribution >= 4 is 15.8 Å². The van der Waals surface area contributed by atoms with Gasteiger partial charge in [-0.05, 0) is 26.2 Å². The average molecular weight is 403 g/mol.